The summed E-state index contributed by atoms with van der Waals surface area (Å²) in [6.45, 7) is 0. The van der Waals surface area contributed by atoms with E-state index in [0.29, 0.717) is 9.09 Å². The van der Waals surface area contributed by atoms with Crippen LogP contribution >= 0.6 is 38.5 Å². The van der Waals surface area contributed by atoms with Crippen molar-refractivity contribution in [2.75, 3.05) is 0 Å². The molecule has 13 heavy (non-hydrogen) atoms. The van der Waals surface area contributed by atoms with Crippen LogP contribution in [-0.4, -0.2) is 10.2 Å². The fraction of sp³-hybridized carbons (Fsp3) is 0. The van der Waals surface area contributed by atoms with Gasteiger partial charge in [-0.25, -0.2) is 8.78 Å². The third-order valence-corrected chi connectivity index (χ3v) is 3.20. The van der Waals surface area contributed by atoms with Crippen LogP contribution in [0.2, 0.25) is 0 Å². The number of aromatic nitrogens is 2. The maximum Gasteiger partial charge on any atom is 0.165 e. The predicted octanol–water partition coefficient (Wildman–Crippen LogP) is 3.21. The smallest absolute Gasteiger partial charge is 0.165 e. The molecule has 68 valence electrons. The predicted molar refractivity (Wildman–Crippen MR) is 56.4 cm³/mol. The summed E-state index contributed by atoms with van der Waals surface area (Å²) in [6.07, 6.45) is 0. The molecule has 1 aromatic heterocycles. The number of aromatic amines is 1. The van der Waals surface area contributed by atoms with Gasteiger partial charge in [0.1, 0.15) is 15.0 Å². The van der Waals surface area contributed by atoms with E-state index in [1.54, 1.807) is 0 Å². The molecule has 1 N–H and O–H groups in total. The molecule has 0 aliphatic carbocycles. The molecule has 0 saturated heterocycles. The van der Waals surface area contributed by atoms with Gasteiger partial charge >= 0.3 is 0 Å². The van der Waals surface area contributed by atoms with E-state index in [9.17, 15) is 8.78 Å². The first-order chi connectivity index (χ1) is 6.11. The molecule has 0 amide bonds. The van der Waals surface area contributed by atoms with Crippen LogP contribution in [0.15, 0.2) is 10.5 Å². The van der Waals surface area contributed by atoms with Crippen molar-refractivity contribution < 1.29 is 8.78 Å². The maximum atomic E-state index is 13.3. The molecule has 1 heterocycles. The average molecular weight is 359 g/mol. The van der Waals surface area contributed by atoms with Gasteiger partial charge in [-0.1, -0.05) is 0 Å². The molecular formula is C7H2BrF2IN2. The highest BCUT2D eigenvalue weighted by Gasteiger charge is 2.14. The van der Waals surface area contributed by atoms with Crippen LogP contribution in [0.5, 0.6) is 0 Å². The Balaban J connectivity index is 2.96. The highest BCUT2D eigenvalue weighted by molar-refractivity contribution is 14.1. The van der Waals surface area contributed by atoms with Gasteiger partial charge < -0.3 is 0 Å². The number of nitrogens with zero attached hydrogens (tertiary/aromatic N) is 1. The Labute approximate surface area is 94.0 Å². The number of nitrogens with one attached hydrogen (secondary N) is 1. The van der Waals surface area contributed by atoms with E-state index in [1.807, 2.05) is 22.6 Å². The first-order valence-corrected chi connectivity index (χ1v) is 5.15. The van der Waals surface area contributed by atoms with Gasteiger partial charge in [-0.2, -0.15) is 5.10 Å². The summed E-state index contributed by atoms with van der Waals surface area (Å²) in [4.78, 5) is 0. The molecular weight excluding hydrogens is 357 g/mol. The second-order valence-corrected chi connectivity index (χ2v) is 4.24. The van der Waals surface area contributed by atoms with E-state index in [4.69, 9.17) is 0 Å². The van der Waals surface area contributed by atoms with Crippen molar-refractivity contribution in [2.24, 2.45) is 0 Å². The zero-order valence-electron chi connectivity index (χ0n) is 6.04. The monoisotopic (exact) mass is 358 g/mol. The van der Waals surface area contributed by atoms with Gasteiger partial charge in [0.25, 0.3) is 0 Å². The van der Waals surface area contributed by atoms with Gasteiger partial charge in [-0.05, 0) is 44.6 Å². The quantitative estimate of drug-likeness (QED) is 0.568. The fourth-order valence-electron chi connectivity index (χ4n) is 1.03. The summed E-state index contributed by atoms with van der Waals surface area (Å²) in [5.41, 5.74) is 0.220. The number of fused-ring (bicyclic) bond motifs is 1. The average Bonchev–Trinajstić information content (AvgIpc) is 2.45. The van der Waals surface area contributed by atoms with E-state index in [2.05, 4.69) is 26.1 Å². The van der Waals surface area contributed by atoms with E-state index in [0.717, 1.165) is 0 Å². The lowest BCUT2D eigenvalue weighted by atomic mass is 10.2. The van der Waals surface area contributed by atoms with Gasteiger partial charge in [0.2, 0.25) is 0 Å². The van der Waals surface area contributed by atoms with Gasteiger partial charge in [0.05, 0.1) is 4.47 Å². The molecule has 0 unspecified atom stereocenters. The largest absolute Gasteiger partial charge is 0.274 e. The number of halogens is 4. The SMILES string of the molecule is Fc1cc2c(I)n[nH]c2c(F)c1Br. The van der Waals surface area contributed by atoms with Gasteiger partial charge in [0.15, 0.2) is 5.82 Å². The third-order valence-electron chi connectivity index (χ3n) is 1.65. The zero-order chi connectivity index (χ0) is 9.59. The Bertz CT molecular complexity index is 483. The van der Waals surface area contributed by atoms with E-state index < -0.39 is 11.6 Å². The van der Waals surface area contributed by atoms with Crippen LogP contribution in [-0.2, 0) is 0 Å². The molecule has 2 rings (SSSR count). The fourth-order valence-corrected chi connectivity index (χ4v) is 1.89. The minimum Gasteiger partial charge on any atom is -0.274 e. The van der Waals surface area contributed by atoms with Gasteiger partial charge in [-0.3, -0.25) is 5.10 Å². The first-order valence-electron chi connectivity index (χ1n) is 3.28. The normalized spacial score (nSPS) is 11.1. The van der Waals surface area contributed by atoms with Crippen molar-refractivity contribution in [3.05, 3.63) is 25.9 Å². The minimum atomic E-state index is -0.648. The van der Waals surface area contributed by atoms with Crippen molar-refractivity contribution in [3.8, 4) is 0 Å². The molecule has 0 aliphatic heterocycles. The van der Waals surface area contributed by atoms with Crippen molar-refractivity contribution in [1.82, 2.24) is 10.2 Å². The van der Waals surface area contributed by atoms with Crippen LogP contribution in [0, 0.1) is 15.3 Å². The lowest BCUT2D eigenvalue weighted by Gasteiger charge is -1.97. The Morgan fingerprint density at radius 1 is 1.46 bits per heavy atom. The van der Waals surface area contributed by atoms with Crippen LogP contribution < -0.4 is 0 Å². The molecule has 0 atom stereocenters. The van der Waals surface area contributed by atoms with Gasteiger partial charge in [0, 0.05) is 5.39 Å². The van der Waals surface area contributed by atoms with Gasteiger partial charge in [-0.15, -0.1) is 0 Å². The summed E-state index contributed by atoms with van der Waals surface area (Å²) in [5, 5.41) is 6.73. The molecule has 0 radical (unpaired) electrons. The Hall–Kier alpha value is -0.240. The molecule has 0 aliphatic rings. The van der Waals surface area contributed by atoms with Crippen LogP contribution in [0.3, 0.4) is 0 Å². The molecule has 6 heteroatoms. The minimum absolute atomic E-state index is 0.167. The number of rotatable bonds is 0. The summed E-state index contributed by atoms with van der Waals surface area (Å²) < 4.78 is 26.7. The standard InChI is InChI=1S/C7H2BrF2IN2/c8-4-3(9)1-2-6(5(4)10)12-13-7(2)11/h1H,(H,12,13). The highest BCUT2D eigenvalue weighted by Crippen LogP contribution is 2.28. The zero-order valence-corrected chi connectivity index (χ0v) is 9.78. The topological polar surface area (TPSA) is 28.7 Å². The number of H-pyrrole nitrogens is 1. The summed E-state index contributed by atoms with van der Waals surface area (Å²) >= 11 is 4.72. The molecule has 0 fully saturated rings. The molecule has 0 saturated carbocycles. The summed E-state index contributed by atoms with van der Waals surface area (Å²) in [7, 11) is 0. The Morgan fingerprint density at radius 2 is 2.15 bits per heavy atom. The second kappa shape index (κ2) is 3.16. The third kappa shape index (κ3) is 1.35. The van der Waals surface area contributed by atoms with Crippen molar-refractivity contribution in [2.45, 2.75) is 0 Å². The van der Waals surface area contributed by atoms with Crippen molar-refractivity contribution in [1.29, 1.82) is 0 Å². The first kappa shape index (κ1) is 9.32. The maximum absolute atomic E-state index is 13.3. The molecule has 0 spiro atoms. The number of hydrogen-bond donors (Lipinski definition) is 1. The van der Waals surface area contributed by atoms with Crippen LogP contribution in [0.4, 0.5) is 8.78 Å². The highest BCUT2D eigenvalue weighted by atomic mass is 127. The molecule has 2 aromatic rings. The molecule has 0 bridgehead atoms. The molecule has 2 nitrogen and oxygen atoms in total. The van der Waals surface area contributed by atoms with E-state index >= 15 is 0 Å². The van der Waals surface area contributed by atoms with Crippen molar-refractivity contribution in [3.63, 3.8) is 0 Å². The van der Waals surface area contributed by atoms with Crippen LogP contribution in [0.1, 0.15) is 0 Å². The second-order valence-electron chi connectivity index (χ2n) is 2.42. The lowest BCUT2D eigenvalue weighted by molar-refractivity contribution is 0.579. The number of hydrogen-bond acceptors (Lipinski definition) is 1. The van der Waals surface area contributed by atoms with E-state index in [-0.39, 0.29) is 9.99 Å². The number of benzene rings is 1. The van der Waals surface area contributed by atoms with E-state index in [1.165, 1.54) is 6.07 Å². The Morgan fingerprint density at radius 3 is 2.85 bits per heavy atom. The van der Waals surface area contributed by atoms with Crippen LogP contribution in [0.25, 0.3) is 10.9 Å². The summed E-state index contributed by atoms with van der Waals surface area (Å²) in [6, 6.07) is 1.24. The summed E-state index contributed by atoms with van der Waals surface area (Å²) in [5.74, 6) is -1.27. The Kier molecular flexibility index (Phi) is 2.26. The molecule has 1 aromatic carbocycles. The van der Waals surface area contributed by atoms with Crippen molar-refractivity contribution >= 4 is 49.4 Å². The lowest BCUT2D eigenvalue weighted by Crippen LogP contribution is -1.86.